The molecule has 0 spiro atoms. The average molecular weight is 244 g/mol. The second kappa shape index (κ2) is 5.44. The highest BCUT2D eigenvalue weighted by Gasteiger charge is 2.17. The van der Waals surface area contributed by atoms with E-state index in [1.165, 1.54) is 22.4 Å². The van der Waals surface area contributed by atoms with Crippen LogP contribution in [0.3, 0.4) is 0 Å². The number of benzene rings is 1. The van der Waals surface area contributed by atoms with Gasteiger partial charge < -0.3 is 4.90 Å². The van der Waals surface area contributed by atoms with Crippen LogP contribution in [0.2, 0.25) is 0 Å². The van der Waals surface area contributed by atoms with Crippen LogP contribution in [0.1, 0.15) is 43.9 Å². The number of hydrogen-bond acceptors (Lipinski definition) is 2. The minimum absolute atomic E-state index is 0.180. The van der Waals surface area contributed by atoms with Gasteiger partial charge in [0.1, 0.15) is 0 Å². The van der Waals surface area contributed by atoms with E-state index < -0.39 is 0 Å². The predicted molar refractivity (Wildman–Crippen MR) is 78.1 cm³/mol. The van der Waals surface area contributed by atoms with E-state index in [2.05, 4.69) is 64.8 Å². The van der Waals surface area contributed by atoms with Crippen LogP contribution >= 0.6 is 0 Å². The lowest BCUT2D eigenvalue weighted by atomic mass is 9.84. The largest absolute Gasteiger partial charge is 0.373 e. The van der Waals surface area contributed by atoms with E-state index in [1.54, 1.807) is 0 Å². The first-order valence-corrected chi connectivity index (χ1v) is 6.47. The SMILES string of the molecule is Cc1cc(C(C)(C)C)cc(C)c1N(C)CCC#N. The molecule has 0 saturated carbocycles. The van der Waals surface area contributed by atoms with E-state index in [0.717, 1.165) is 6.54 Å². The van der Waals surface area contributed by atoms with E-state index in [-0.39, 0.29) is 5.41 Å². The van der Waals surface area contributed by atoms with E-state index >= 15 is 0 Å². The molecule has 2 nitrogen and oxygen atoms in total. The first kappa shape index (κ1) is 14.6. The van der Waals surface area contributed by atoms with Crippen molar-refractivity contribution in [2.75, 3.05) is 18.5 Å². The van der Waals surface area contributed by atoms with Gasteiger partial charge in [-0.1, -0.05) is 32.9 Å². The minimum Gasteiger partial charge on any atom is -0.373 e. The molecule has 0 unspecified atom stereocenters. The molecular weight excluding hydrogens is 220 g/mol. The fourth-order valence-electron chi connectivity index (χ4n) is 2.32. The van der Waals surface area contributed by atoms with Crippen molar-refractivity contribution in [2.45, 2.75) is 46.5 Å². The molecule has 0 aliphatic carbocycles. The Morgan fingerprint density at radius 1 is 1.17 bits per heavy atom. The zero-order valence-electron chi connectivity index (χ0n) is 12.5. The molecule has 2 heteroatoms. The highest BCUT2D eigenvalue weighted by Crippen LogP contribution is 2.31. The van der Waals surface area contributed by atoms with Crippen LogP contribution in [-0.2, 0) is 5.41 Å². The molecule has 1 aromatic carbocycles. The quantitative estimate of drug-likeness (QED) is 0.805. The van der Waals surface area contributed by atoms with E-state index in [9.17, 15) is 0 Å². The smallest absolute Gasteiger partial charge is 0.0640 e. The van der Waals surface area contributed by atoms with Crippen molar-refractivity contribution in [1.29, 1.82) is 5.26 Å². The molecule has 0 aliphatic rings. The lowest BCUT2D eigenvalue weighted by Gasteiger charge is -2.27. The number of nitriles is 1. The molecule has 0 saturated heterocycles. The summed E-state index contributed by atoms with van der Waals surface area (Å²) >= 11 is 0. The minimum atomic E-state index is 0.180. The molecule has 1 aromatic rings. The molecule has 0 aromatic heterocycles. The third kappa shape index (κ3) is 3.26. The van der Waals surface area contributed by atoms with Gasteiger partial charge in [-0.05, 0) is 36.0 Å². The van der Waals surface area contributed by atoms with Crippen LogP contribution in [0.25, 0.3) is 0 Å². The van der Waals surface area contributed by atoms with Crippen molar-refractivity contribution >= 4 is 5.69 Å². The van der Waals surface area contributed by atoms with Crippen LogP contribution in [0.4, 0.5) is 5.69 Å². The molecule has 0 aliphatic heterocycles. The van der Waals surface area contributed by atoms with Crippen LogP contribution in [0.15, 0.2) is 12.1 Å². The van der Waals surface area contributed by atoms with Gasteiger partial charge in [0.15, 0.2) is 0 Å². The fraction of sp³-hybridized carbons (Fsp3) is 0.562. The van der Waals surface area contributed by atoms with Crippen LogP contribution in [0, 0.1) is 25.2 Å². The van der Waals surface area contributed by atoms with Crippen molar-refractivity contribution < 1.29 is 0 Å². The Kier molecular flexibility index (Phi) is 4.40. The topological polar surface area (TPSA) is 27.0 Å². The van der Waals surface area contributed by atoms with Crippen LogP contribution in [0.5, 0.6) is 0 Å². The van der Waals surface area contributed by atoms with Gasteiger partial charge in [0.05, 0.1) is 12.5 Å². The first-order chi connectivity index (χ1) is 8.27. The first-order valence-electron chi connectivity index (χ1n) is 6.47. The Hall–Kier alpha value is -1.49. The Bertz CT molecular complexity index is 438. The van der Waals surface area contributed by atoms with Gasteiger partial charge in [-0.15, -0.1) is 0 Å². The van der Waals surface area contributed by atoms with E-state index in [4.69, 9.17) is 5.26 Å². The molecule has 0 heterocycles. The number of nitrogens with zero attached hydrogens (tertiary/aromatic N) is 2. The molecule has 0 fully saturated rings. The maximum absolute atomic E-state index is 8.67. The number of hydrogen-bond donors (Lipinski definition) is 0. The molecule has 0 N–H and O–H groups in total. The van der Waals surface area contributed by atoms with E-state index in [1.807, 2.05) is 0 Å². The molecule has 98 valence electrons. The second-order valence-corrected chi connectivity index (χ2v) is 6.04. The standard InChI is InChI=1S/C16H24N2/c1-12-10-14(16(3,4)5)11-13(2)15(12)18(6)9-7-8-17/h10-11H,7,9H2,1-6H3. The lowest BCUT2D eigenvalue weighted by molar-refractivity contribution is 0.589. The van der Waals surface area contributed by atoms with Crippen molar-refractivity contribution in [3.05, 3.63) is 28.8 Å². The molecule has 1 rings (SSSR count). The molecule has 0 bridgehead atoms. The summed E-state index contributed by atoms with van der Waals surface area (Å²) in [5, 5.41) is 8.67. The average Bonchev–Trinajstić information content (AvgIpc) is 2.24. The summed E-state index contributed by atoms with van der Waals surface area (Å²) in [6, 6.07) is 6.74. The highest BCUT2D eigenvalue weighted by molar-refractivity contribution is 5.60. The number of anilines is 1. The van der Waals surface area contributed by atoms with Gasteiger partial charge in [0.25, 0.3) is 0 Å². The van der Waals surface area contributed by atoms with Gasteiger partial charge in [0.2, 0.25) is 0 Å². The maximum atomic E-state index is 8.67. The fourth-order valence-corrected chi connectivity index (χ4v) is 2.32. The Morgan fingerprint density at radius 3 is 2.06 bits per heavy atom. The summed E-state index contributed by atoms with van der Waals surface area (Å²) in [6.45, 7) is 11.8. The van der Waals surface area contributed by atoms with Gasteiger partial charge in [-0.3, -0.25) is 0 Å². The van der Waals surface area contributed by atoms with Crippen molar-refractivity contribution in [1.82, 2.24) is 0 Å². The van der Waals surface area contributed by atoms with Gasteiger partial charge in [-0.25, -0.2) is 0 Å². The zero-order chi connectivity index (χ0) is 13.9. The highest BCUT2D eigenvalue weighted by atomic mass is 15.1. The van der Waals surface area contributed by atoms with E-state index in [0.29, 0.717) is 6.42 Å². The molecule has 18 heavy (non-hydrogen) atoms. The third-order valence-electron chi connectivity index (χ3n) is 3.30. The summed E-state index contributed by atoms with van der Waals surface area (Å²) in [7, 11) is 2.06. The van der Waals surface area contributed by atoms with Crippen LogP contribution < -0.4 is 4.90 Å². The summed E-state index contributed by atoms with van der Waals surface area (Å²) < 4.78 is 0. The Balaban J connectivity index is 3.13. The zero-order valence-corrected chi connectivity index (χ0v) is 12.5. The van der Waals surface area contributed by atoms with Gasteiger partial charge in [0, 0.05) is 19.3 Å². The van der Waals surface area contributed by atoms with Crippen molar-refractivity contribution in [3.8, 4) is 6.07 Å². The molecule has 0 amide bonds. The maximum Gasteiger partial charge on any atom is 0.0640 e. The number of rotatable bonds is 3. The Morgan fingerprint density at radius 2 is 1.67 bits per heavy atom. The monoisotopic (exact) mass is 244 g/mol. The summed E-state index contributed by atoms with van der Waals surface area (Å²) in [5.41, 5.74) is 5.40. The molecule has 0 radical (unpaired) electrons. The Labute approximate surface area is 111 Å². The second-order valence-electron chi connectivity index (χ2n) is 6.04. The predicted octanol–water partition coefficient (Wildman–Crippen LogP) is 3.95. The third-order valence-corrected chi connectivity index (χ3v) is 3.30. The summed E-state index contributed by atoms with van der Waals surface area (Å²) in [6.07, 6.45) is 0.566. The number of aryl methyl sites for hydroxylation is 2. The summed E-state index contributed by atoms with van der Waals surface area (Å²) in [5.74, 6) is 0. The van der Waals surface area contributed by atoms with Gasteiger partial charge >= 0.3 is 0 Å². The van der Waals surface area contributed by atoms with Gasteiger partial charge in [-0.2, -0.15) is 5.26 Å². The lowest BCUT2D eigenvalue weighted by Crippen LogP contribution is -2.21. The molecule has 0 atom stereocenters. The van der Waals surface area contributed by atoms with Crippen molar-refractivity contribution in [3.63, 3.8) is 0 Å². The summed E-state index contributed by atoms with van der Waals surface area (Å²) in [4.78, 5) is 2.18. The van der Waals surface area contributed by atoms with Crippen LogP contribution in [-0.4, -0.2) is 13.6 Å². The normalized spacial score (nSPS) is 11.2. The molecular formula is C16H24N2. The van der Waals surface area contributed by atoms with Crippen molar-refractivity contribution in [2.24, 2.45) is 0 Å².